The smallest absolute Gasteiger partial charge is 0.250 e. The fraction of sp³-hybridized carbons (Fsp3) is 0.500. The summed E-state index contributed by atoms with van der Waals surface area (Å²) in [6.07, 6.45) is 7.45. The van der Waals surface area contributed by atoms with Gasteiger partial charge in [-0.3, -0.25) is 9.59 Å². The molecule has 6 nitrogen and oxygen atoms in total. The van der Waals surface area contributed by atoms with E-state index in [1.807, 2.05) is 53.4 Å². The predicted molar refractivity (Wildman–Crippen MR) is 132 cm³/mol. The fourth-order valence-corrected chi connectivity index (χ4v) is 5.09. The van der Waals surface area contributed by atoms with Crippen molar-refractivity contribution in [2.24, 2.45) is 0 Å². The molecule has 34 heavy (non-hydrogen) atoms. The van der Waals surface area contributed by atoms with Crippen molar-refractivity contribution in [1.29, 1.82) is 0 Å². The third kappa shape index (κ3) is 5.37. The first-order valence-electron chi connectivity index (χ1n) is 12.6. The van der Waals surface area contributed by atoms with E-state index >= 15 is 0 Å². The highest BCUT2D eigenvalue weighted by molar-refractivity contribution is 5.96. The van der Waals surface area contributed by atoms with E-state index in [-0.39, 0.29) is 24.4 Å². The minimum absolute atomic E-state index is 0.00621. The molecule has 6 heteroatoms. The number of piperazine rings is 1. The van der Waals surface area contributed by atoms with Gasteiger partial charge in [-0.05, 0) is 42.5 Å². The first kappa shape index (κ1) is 24.1. The van der Waals surface area contributed by atoms with Crippen LogP contribution in [0, 0.1) is 0 Å². The summed E-state index contributed by atoms with van der Waals surface area (Å²) in [7, 11) is 1.60. The van der Waals surface area contributed by atoms with Crippen molar-refractivity contribution in [3.63, 3.8) is 0 Å². The number of carbonyl (C=O) groups excluding carboxylic acids is 2. The number of hydrogen-bond donors (Lipinski definition) is 0. The Bertz CT molecular complexity index is 970. The van der Waals surface area contributed by atoms with Gasteiger partial charge in [0.2, 0.25) is 5.91 Å². The molecule has 1 aliphatic carbocycles. The zero-order valence-electron chi connectivity index (χ0n) is 20.4. The summed E-state index contributed by atoms with van der Waals surface area (Å²) >= 11 is 0. The number of ether oxygens (including phenoxy) is 2. The van der Waals surface area contributed by atoms with Gasteiger partial charge in [-0.1, -0.05) is 69.0 Å². The van der Waals surface area contributed by atoms with Gasteiger partial charge in [-0.25, -0.2) is 0 Å². The normalized spacial score (nSPS) is 19.8. The lowest BCUT2D eigenvalue weighted by Gasteiger charge is -2.43. The summed E-state index contributed by atoms with van der Waals surface area (Å²) in [5, 5.41) is 0. The van der Waals surface area contributed by atoms with Crippen molar-refractivity contribution in [1.82, 2.24) is 9.80 Å². The lowest BCUT2D eigenvalue weighted by molar-refractivity contribution is -0.159. The Labute approximate surface area is 202 Å². The van der Waals surface area contributed by atoms with E-state index in [0.717, 1.165) is 43.2 Å². The largest absolute Gasteiger partial charge is 0.493 e. The van der Waals surface area contributed by atoms with Crippen LogP contribution in [0.3, 0.4) is 0 Å². The molecule has 4 rings (SSSR count). The summed E-state index contributed by atoms with van der Waals surface area (Å²) < 4.78 is 11.4. The summed E-state index contributed by atoms with van der Waals surface area (Å²) in [5.41, 5.74) is 1.76. The first-order valence-corrected chi connectivity index (χ1v) is 12.6. The number of benzene rings is 2. The number of rotatable bonds is 8. The SMILES string of the molecule is CCCOc1ccc(C2C(=O)N(C3CCCCCC3)CC(=O)N2Cc2ccccc2)cc1OC. The highest BCUT2D eigenvalue weighted by Crippen LogP contribution is 2.37. The van der Waals surface area contributed by atoms with Gasteiger partial charge in [-0.15, -0.1) is 0 Å². The van der Waals surface area contributed by atoms with Crippen LogP contribution >= 0.6 is 0 Å². The molecule has 0 bridgehead atoms. The van der Waals surface area contributed by atoms with Gasteiger partial charge in [0.25, 0.3) is 5.91 Å². The summed E-state index contributed by atoms with van der Waals surface area (Å²) in [6.45, 7) is 3.19. The zero-order valence-corrected chi connectivity index (χ0v) is 20.4. The van der Waals surface area contributed by atoms with Gasteiger partial charge < -0.3 is 19.3 Å². The van der Waals surface area contributed by atoms with Crippen molar-refractivity contribution < 1.29 is 19.1 Å². The van der Waals surface area contributed by atoms with Crippen LogP contribution in [0.5, 0.6) is 11.5 Å². The van der Waals surface area contributed by atoms with Crippen molar-refractivity contribution in [3.8, 4) is 11.5 Å². The maximum Gasteiger partial charge on any atom is 0.250 e. The van der Waals surface area contributed by atoms with Crippen LogP contribution in [-0.4, -0.2) is 47.9 Å². The lowest BCUT2D eigenvalue weighted by Crippen LogP contribution is -2.57. The van der Waals surface area contributed by atoms with Crippen LogP contribution in [0.1, 0.15) is 69.0 Å². The first-order chi connectivity index (χ1) is 16.6. The fourth-order valence-electron chi connectivity index (χ4n) is 5.09. The average molecular weight is 465 g/mol. The van der Waals surface area contributed by atoms with E-state index in [0.29, 0.717) is 24.7 Å². The van der Waals surface area contributed by atoms with E-state index in [9.17, 15) is 9.59 Å². The van der Waals surface area contributed by atoms with Gasteiger partial charge >= 0.3 is 0 Å². The number of nitrogens with zero attached hydrogens (tertiary/aromatic N) is 2. The average Bonchev–Trinajstić information content (AvgIpc) is 3.15. The maximum absolute atomic E-state index is 14.0. The second-order valence-corrected chi connectivity index (χ2v) is 9.28. The van der Waals surface area contributed by atoms with Crippen LogP contribution in [0.15, 0.2) is 48.5 Å². The maximum atomic E-state index is 14.0. The van der Waals surface area contributed by atoms with Gasteiger partial charge in [-0.2, -0.15) is 0 Å². The molecule has 2 aromatic rings. The van der Waals surface area contributed by atoms with Crippen LogP contribution in [0.25, 0.3) is 0 Å². The summed E-state index contributed by atoms with van der Waals surface area (Å²) in [4.78, 5) is 31.1. The number of methoxy groups -OCH3 is 1. The number of hydrogen-bond acceptors (Lipinski definition) is 4. The monoisotopic (exact) mass is 464 g/mol. The van der Waals surface area contributed by atoms with Crippen molar-refractivity contribution in [3.05, 3.63) is 59.7 Å². The standard InChI is InChI=1S/C28H36N2O4/c1-3-17-34-24-16-15-22(18-25(24)33-2)27-28(32)29(23-13-9-4-5-10-14-23)20-26(31)30(27)19-21-11-7-6-8-12-21/h6-8,11-12,15-16,18,23,27H,3-5,9-10,13-14,17,19-20H2,1-2H3. The van der Waals surface area contributed by atoms with Gasteiger partial charge in [0.15, 0.2) is 11.5 Å². The summed E-state index contributed by atoms with van der Waals surface area (Å²) in [6, 6.07) is 14.9. The Morgan fingerprint density at radius 2 is 1.68 bits per heavy atom. The Hall–Kier alpha value is -3.02. The molecule has 2 aliphatic rings. The second kappa shape index (κ2) is 11.4. The number of carbonyl (C=O) groups is 2. The topological polar surface area (TPSA) is 59.1 Å². The molecule has 0 aromatic heterocycles. The molecule has 1 saturated carbocycles. The molecule has 1 aliphatic heterocycles. The zero-order chi connectivity index (χ0) is 23.9. The molecule has 0 N–H and O–H groups in total. The van der Waals surface area contributed by atoms with Crippen LogP contribution in [0.2, 0.25) is 0 Å². The molecule has 1 saturated heterocycles. The molecule has 0 radical (unpaired) electrons. The van der Waals surface area contributed by atoms with E-state index in [2.05, 4.69) is 6.92 Å². The van der Waals surface area contributed by atoms with Gasteiger partial charge in [0.05, 0.1) is 13.7 Å². The van der Waals surface area contributed by atoms with E-state index < -0.39 is 6.04 Å². The van der Waals surface area contributed by atoms with Gasteiger partial charge in [0, 0.05) is 12.6 Å². The Kier molecular flexibility index (Phi) is 8.09. The molecule has 1 unspecified atom stereocenters. The molecular formula is C28H36N2O4. The third-order valence-electron chi connectivity index (χ3n) is 6.88. The molecule has 182 valence electrons. The molecule has 1 atom stereocenters. The van der Waals surface area contributed by atoms with Gasteiger partial charge in [0.1, 0.15) is 12.6 Å². The van der Waals surface area contributed by atoms with Crippen molar-refractivity contribution in [2.45, 2.75) is 70.5 Å². The predicted octanol–water partition coefficient (Wildman–Crippen LogP) is 5.12. The lowest BCUT2D eigenvalue weighted by atomic mass is 9.96. The minimum Gasteiger partial charge on any atom is -0.493 e. The third-order valence-corrected chi connectivity index (χ3v) is 6.88. The van der Waals surface area contributed by atoms with Crippen molar-refractivity contribution in [2.75, 3.05) is 20.3 Å². The van der Waals surface area contributed by atoms with Crippen LogP contribution in [0.4, 0.5) is 0 Å². The quantitative estimate of drug-likeness (QED) is 0.509. The minimum atomic E-state index is -0.682. The summed E-state index contributed by atoms with van der Waals surface area (Å²) in [5.74, 6) is 1.23. The Morgan fingerprint density at radius 3 is 2.35 bits per heavy atom. The second-order valence-electron chi connectivity index (χ2n) is 9.28. The van der Waals surface area contributed by atoms with E-state index in [1.54, 1.807) is 12.0 Å². The van der Waals surface area contributed by atoms with E-state index in [4.69, 9.17) is 9.47 Å². The molecule has 2 aromatic carbocycles. The molecule has 1 heterocycles. The molecule has 0 spiro atoms. The van der Waals surface area contributed by atoms with Crippen molar-refractivity contribution >= 4 is 11.8 Å². The Balaban J connectivity index is 1.69. The number of amides is 2. The Morgan fingerprint density at radius 1 is 0.941 bits per heavy atom. The highest BCUT2D eigenvalue weighted by Gasteiger charge is 2.43. The molecule has 2 fully saturated rings. The van der Waals surface area contributed by atoms with Crippen LogP contribution in [-0.2, 0) is 16.1 Å². The highest BCUT2D eigenvalue weighted by atomic mass is 16.5. The van der Waals surface area contributed by atoms with Crippen LogP contribution < -0.4 is 9.47 Å². The molecule has 2 amide bonds. The van der Waals surface area contributed by atoms with E-state index in [1.165, 1.54) is 12.8 Å². The molecular weight excluding hydrogens is 428 g/mol.